The quantitative estimate of drug-likeness (QED) is 0.615. The van der Waals surface area contributed by atoms with Crippen LogP contribution < -0.4 is 0 Å². The Balaban J connectivity index is 2.22. The maximum Gasteiger partial charge on any atom is 0.354 e. The van der Waals surface area contributed by atoms with Crippen LogP contribution in [0.25, 0.3) is 33.2 Å². The van der Waals surface area contributed by atoms with Crippen LogP contribution in [0.3, 0.4) is 0 Å². The second kappa shape index (κ2) is 4.91. The summed E-state index contributed by atoms with van der Waals surface area (Å²) in [6.45, 7) is 0. The van der Waals surface area contributed by atoms with Crippen LogP contribution in [0, 0.1) is 0 Å². The molecule has 4 aromatic rings. The fraction of sp³-hybridized carbons (Fsp3) is 0.0556. The van der Waals surface area contributed by atoms with E-state index in [0.29, 0.717) is 5.69 Å². The molecule has 1 aromatic carbocycles. The molecule has 0 aliphatic rings. The van der Waals surface area contributed by atoms with E-state index in [4.69, 9.17) is 0 Å². The van der Waals surface area contributed by atoms with Crippen LogP contribution in [0.1, 0.15) is 10.5 Å². The Morgan fingerprint density at radius 1 is 1.09 bits per heavy atom. The third kappa shape index (κ3) is 1.97. The van der Waals surface area contributed by atoms with Gasteiger partial charge in [-0.05, 0) is 18.2 Å². The van der Waals surface area contributed by atoms with Crippen LogP contribution >= 0.6 is 0 Å². The predicted octanol–water partition coefficient (Wildman–Crippen LogP) is 3.49. The summed E-state index contributed by atoms with van der Waals surface area (Å²) >= 11 is 0. The summed E-state index contributed by atoms with van der Waals surface area (Å²) < 4.78 is 1.96. The molecule has 5 heteroatoms. The van der Waals surface area contributed by atoms with Gasteiger partial charge in [-0.3, -0.25) is 0 Å². The summed E-state index contributed by atoms with van der Waals surface area (Å²) in [6.07, 6.45) is 1.73. The molecule has 0 unspecified atom stereocenters. The number of carbonyl (C=O) groups is 1. The first kappa shape index (κ1) is 13.5. The first-order valence-electron chi connectivity index (χ1n) is 7.19. The number of aromatic carboxylic acids is 1. The molecule has 0 fully saturated rings. The van der Waals surface area contributed by atoms with Gasteiger partial charge in [0.2, 0.25) is 0 Å². The van der Waals surface area contributed by atoms with Gasteiger partial charge in [-0.1, -0.05) is 30.3 Å². The summed E-state index contributed by atoms with van der Waals surface area (Å²) in [4.78, 5) is 20.3. The molecule has 0 aliphatic carbocycles. The van der Waals surface area contributed by atoms with E-state index >= 15 is 0 Å². The van der Waals surface area contributed by atoms with Gasteiger partial charge in [-0.2, -0.15) is 0 Å². The molecule has 3 heterocycles. The Kier molecular flexibility index (Phi) is 2.87. The third-order valence-corrected chi connectivity index (χ3v) is 3.99. The van der Waals surface area contributed by atoms with Gasteiger partial charge in [0.1, 0.15) is 11.3 Å². The molecule has 0 atom stereocenters. The van der Waals surface area contributed by atoms with E-state index in [1.54, 1.807) is 12.3 Å². The lowest BCUT2D eigenvalue weighted by Crippen LogP contribution is -2.03. The predicted molar refractivity (Wildman–Crippen MR) is 88.4 cm³/mol. The highest BCUT2D eigenvalue weighted by molar-refractivity contribution is 6.12. The monoisotopic (exact) mass is 303 g/mol. The first-order chi connectivity index (χ1) is 11.2. The molecule has 0 saturated carbocycles. The first-order valence-corrected chi connectivity index (χ1v) is 7.19. The standard InChI is InChI=1S/C18H13N3O2/c1-21-16-13(12-8-5-9-19-17(12)21)10-14(18(22)23)20-15(16)11-6-3-2-4-7-11/h2-10H,1H3,(H,22,23). The average Bonchev–Trinajstić information content (AvgIpc) is 2.88. The number of pyridine rings is 2. The van der Waals surface area contributed by atoms with Crippen molar-refractivity contribution < 1.29 is 9.90 Å². The highest BCUT2D eigenvalue weighted by atomic mass is 16.4. The molecule has 3 aromatic heterocycles. The molecule has 0 saturated heterocycles. The fourth-order valence-electron chi connectivity index (χ4n) is 2.97. The van der Waals surface area contributed by atoms with Crippen molar-refractivity contribution in [2.75, 3.05) is 0 Å². The number of hydrogen-bond donors (Lipinski definition) is 1. The van der Waals surface area contributed by atoms with Crippen molar-refractivity contribution in [3.05, 3.63) is 60.4 Å². The second-order valence-corrected chi connectivity index (χ2v) is 5.36. The van der Waals surface area contributed by atoms with Crippen molar-refractivity contribution >= 4 is 27.9 Å². The molecule has 0 amide bonds. The van der Waals surface area contributed by atoms with Crippen molar-refractivity contribution in [2.24, 2.45) is 7.05 Å². The van der Waals surface area contributed by atoms with Gasteiger partial charge in [-0.25, -0.2) is 14.8 Å². The van der Waals surface area contributed by atoms with Gasteiger partial charge in [0.25, 0.3) is 0 Å². The number of rotatable bonds is 2. The van der Waals surface area contributed by atoms with E-state index in [1.807, 2.05) is 54.1 Å². The molecule has 0 spiro atoms. The number of hydrogen-bond acceptors (Lipinski definition) is 3. The molecule has 112 valence electrons. The molecule has 5 nitrogen and oxygen atoms in total. The Hall–Kier alpha value is -3.21. The van der Waals surface area contributed by atoms with Gasteiger partial charge in [0.15, 0.2) is 0 Å². The topological polar surface area (TPSA) is 68.0 Å². The summed E-state index contributed by atoms with van der Waals surface area (Å²) in [5.41, 5.74) is 3.26. The normalized spacial score (nSPS) is 11.2. The lowest BCUT2D eigenvalue weighted by atomic mass is 10.1. The van der Waals surface area contributed by atoms with Crippen LogP contribution in [0.4, 0.5) is 0 Å². The molecule has 4 rings (SSSR count). The van der Waals surface area contributed by atoms with Gasteiger partial charge in [0.05, 0.1) is 11.2 Å². The summed E-state index contributed by atoms with van der Waals surface area (Å²) in [7, 11) is 1.92. The minimum Gasteiger partial charge on any atom is -0.477 e. The van der Waals surface area contributed by atoms with E-state index in [0.717, 1.165) is 27.5 Å². The maximum absolute atomic E-state index is 11.5. The van der Waals surface area contributed by atoms with Crippen LogP contribution in [-0.2, 0) is 7.05 Å². The van der Waals surface area contributed by atoms with Crippen LogP contribution in [-0.4, -0.2) is 25.6 Å². The Morgan fingerprint density at radius 2 is 1.87 bits per heavy atom. The minimum absolute atomic E-state index is 0.0349. The second-order valence-electron chi connectivity index (χ2n) is 5.36. The van der Waals surface area contributed by atoms with Gasteiger partial charge in [-0.15, -0.1) is 0 Å². The number of benzene rings is 1. The highest BCUT2D eigenvalue weighted by Gasteiger charge is 2.18. The van der Waals surface area contributed by atoms with Crippen LogP contribution in [0.2, 0.25) is 0 Å². The molecule has 0 bridgehead atoms. The highest BCUT2D eigenvalue weighted by Crippen LogP contribution is 2.33. The van der Waals surface area contributed by atoms with E-state index in [-0.39, 0.29) is 5.69 Å². The summed E-state index contributed by atoms with van der Waals surface area (Å²) in [5.74, 6) is -1.04. The van der Waals surface area contributed by atoms with Crippen LogP contribution in [0.15, 0.2) is 54.7 Å². The van der Waals surface area contributed by atoms with Crippen molar-refractivity contribution in [2.45, 2.75) is 0 Å². The van der Waals surface area contributed by atoms with Crippen molar-refractivity contribution in [3.63, 3.8) is 0 Å². The number of carboxylic acids is 1. The number of aryl methyl sites for hydroxylation is 1. The van der Waals surface area contributed by atoms with E-state index in [1.165, 1.54) is 0 Å². The van der Waals surface area contributed by atoms with E-state index in [9.17, 15) is 9.90 Å². The fourth-order valence-corrected chi connectivity index (χ4v) is 2.97. The van der Waals surface area contributed by atoms with Crippen LogP contribution in [0.5, 0.6) is 0 Å². The molecule has 0 aliphatic heterocycles. The van der Waals surface area contributed by atoms with Crippen molar-refractivity contribution in [3.8, 4) is 11.3 Å². The van der Waals surface area contributed by atoms with Crippen molar-refractivity contribution in [1.29, 1.82) is 0 Å². The zero-order chi connectivity index (χ0) is 16.0. The van der Waals surface area contributed by atoms with Crippen molar-refractivity contribution in [1.82, 2.24) is 14.5 Å². The Labute approximate surface area is 131 Å². The lowest BCUT2D eigenvalue weighted by Gasteiger charge is -2.07. The zero-order valence-corrected chi connectivity index (χ0v) is 12.4. The lowest BCUT2D eigenvalue weighted by molar-refractivity contribution is 0.0691. The van der Waals surface area contributed by atoms with Gasteiger partial charge in [0, 0.05) is 29.6 Å². The van der Waals surface area contributed by atoms with Gasteiger partial charge < -0.3 is 9.67 Å². The third-order valence-electron chi connectivity index (χ3n) is 3.99. The Morgan fingerprint density at radius 3 is 2.61 bits per heavy atom. The Bertz CT molecular complexity index is 1050. The number of fused-ring (bicyclic) bond motifs is 3. The molecule has 0 radical (unpaired) electrons. The molecule has 1 N–H and O–H groups in total. The average molecular weight is 303 g/mol. The maximum atomic E-state index is 11.5. The van der Waals surface area contributed by atoms with Gasteiger partial charge >= 0.3 is 5.97 Å². The summed E-state index contributed by atoms with van der Waals surface area (Å²) in [5, 5.41) is 11.2. The van der Waals surface area contributed by atoms with E-state index < -0.39 is 5.97 Å². The minimum atomic E-state index is -1.04. The molecule has 23 heavy (non-hydrogen) atoms. The number of aromatic nitrogens is 3. The summed E-state index contributed by atoms with van der Waals surface area (Å²) in [6, 6.07) is 15.0. The largest absolute Gasteiger partial charge is 0.477 e. The number of carboxylic acid groups (broad SMARTS) is 1. The SMILES string of the molecule is Cn1c2ncccc2c2cc(C(=O)O)nc(-c3ccccc3)c21. The van der Waals surface area contributed by atoms with E-state index in [2.05, 4.69) is 9.97 Å². The molecular weight excluding hydrogens is 290 g/mol. The molecular formula is C18H13N3O2. The smallest absolute Gasteiger partial charge is 0.354 e. The zero-order valence-electron chi connectivity index (χ0n) is 12.4. The number of nitrogens with zero attached hydrogens (tertiary/aromatic N) is 3.